The van der Waals surface area contributed by atoms with Gasteiger partial charge in [-0.3, -0.25) is 13.5 Å². The van der Waals surface area contributed by atoms with Crippen LogP contribution in [0, 0.1) is 16.6 Å². The summed E-state index contributed by atoms with van der Waals surface area (Å²) >= 11 is 1.19. The zero-order chi connectivity index (χ0) is 20.7. The smallest absolute Gasteiger partial charge is 0.271 e. The van der Waals surface area contributed by atoms with Crippen molar-refractivity contribution in [3.05, 3.63) is 34.4 Å². The Kier molecular flexibility index (Phi) is 3.92. The third-order valence-electron chi connectivity index (χ3n) is 7.13. The number of aromatic nitrogens is 1. The summed E-state index contributed by atoms with van der Waals surface area (Å²) in [6, 6.07) is 4.59. The van der Waals surface area contributed by atoms with Crippen LogP contribution in [0.2, 0.25) is 0 Å². The fourth-order valence-electron chi connectivity index (χ4n) is 7.55. The van der Waals surface area contributed by atoms with Crippen molar-refractivity contribution in [2.75, 3.05) is 0 Å². The van der Waals surface area contributed by atoms with Crippen LogP contribution in [0.15, 0.2) is 23.0 Å². The molecule has 2 aromatic rings. The first kappa shape index (κ1) is 19.2. The van der Waals surface area contributed by atoms with E-state index in [4.69, 9.17) is 0 Å². The quantitative estimate of drug-likeness (QED) is 0.797. The zero-order valence-corrected chi connectivity index (χ0v) is 17.7. The van der Waals surface area contributed by atoms with Crippen LogP contribution in [0.1, 0.15) is 58.8 Å². The lowest BCUT2D eigenvalue weighted by molar-refractivity contribution is -0.204. The number of carbonyl (C=O) groups excluding carboxylic acids is 1. The predicted octanol–water partition coefficient (Wildman–Crippen LogP) is 3.57. The van der Waals surface area contributed by atoms with Gasteiger partial charge in [-0.05, 0) is 61.5 Å². The lowest BCUT2D eigenvalue weighted by Crippen LogP contribution is -2.70. The van der Waals surface area contributed by atoms with E-state index >= 15 is 0 Å². The first-order valence-electron chi connectivity index (χ1n) is 10.3. The van der Waals surface area contributed by atoms with Gasteiger partial charge in [-0.15, -0.1) is 0 Å². The van der Waals surface area contributed by atoms with Crippen LogP contribution in [0.4, 0.5) is 4.39 Å². The van der Waals surface area contributed by atoms with Gasteiger partial charge in [0.25, 0.3) is 5.56 Å². The molecule has 29 heavy (non-hydrogen) atoms. The number of nitrogens with one attached hydrogen (secondary N) is 1. The van der Waals surface area contributed by atoms with E-state index in [1.165, 1.54) is 21.6 Å². The van der Waals surface area contributed by atoms with E-state index in [1.54, 1.807) is 12.1 Å². The number of carbonyl (C=O) groups is 1. The lowest BCUT2D eigenvalue weighted by Gasteiger charge is -2.68. The molecule has 1 aromatic carbocycles. The van der Waals surface area contributed by atoms with Crippen molar-refractivity contribution >= 4 is 27.5 Å². The number of fused-ring (bicyclic) bond motifs is 1. The lowest BCUT2D eigenvalue weighted by atomic mass is 9.41. The van der Waals surface area contributed by atoms with E-state index in [0.717, 1.165) is 32.1 Å². The number of hydrogen-bond donors (Lipinski definition) is 2. The fraction of sp³-hybridized carbons (Fsp3) is 0.636. The second-order valence-electron chi connectivity index (χ2n) is 10.6. The minimum Gasteiger partial charge on any atom is -0.390 e. The highest BCUT2D eigenvalue weighted by molar-refractivity contribution is 7.13. The summed E-state index contributed by atoms with van der Waals surface area (Å²) in [5.74, 6) is -0.622. The maximum absolute atomic E-state index is 13.9. The van der Waals surface area contributed by atoms with Crippen molar-refractivity contribution in [2.24, 2.45) is 10.8 Å². The average Bonchev–Trinajstić information content (AvgIpc) is 2.85. The topological polar surface area (TPSA) is 71.3 Å². The van der Waals surface area contributed by atoms with Crippen molar-refractivity contribution in [2.45, 2.75) is 76.5 Å². The van der Waals surface area contributed by atoms with Gasteiger partial charge in [0.05, 0.1) is 15.7 Å². The molecule has 0 radical (unpaired) electrons. The highest BCUT2D eigenvalue weighted by Crippen LogP contribution is 2.67. The Bertz CT molecular complexity index is 1020. The average molecular weight is 419 g/mol. The van der Waals surface area contributed by atoms with E-state index in [1.807, 2.05) is 0 Å². The Hall–Kier alpha value is -1.73. The summed E-state index contributed by atoms with van der Waals surface area (Å²) in [7, 11) is 0. The van der Waals surface area contributed by atoms with E-state index in [-0.39, 0.29) is 46.2 Å². The standard InChI is InChI=1S/C22H27FN2O3S/c1-19-8-20(2)10-21(9-19,13-22(28,11-19)12-20)24-16(26)6-7-25-18(27)17-14(23)4-3-5-15(17)29-25/h3-5,28H,6-13H2,1-2H3,(H,24,26). The molecule has 0 spiro atoms. The molecule has 4 aliphatic rings. The Labute approximate surface area is 173 Å². The summed E-state index contributed by atoms with van der Waals surface area (Å²) in [5, 5.41) is 14.5. The van der Waals surface area contributed by atoms with E-state index in [9.17, 15) is 19.1 Å². The molecule has 2 unspecified atom stereocenters. The SMILES string of the molecule is CC12CC3(C)CC(O)(C1)CC(NC(=O)CCn1sc4cccc(F)c4c1=O)(C2)C3. The molecule has 1 heterocycles. The Morgan fingerprint density at radius 2 is 1.86 bits per heavy atom. The zero-order valence-electron chi connectivity index (χ0n) is 16.9. The van der Waals surface area contributed by atoms with Crippen LogP contribution in [-0.4, -0.2) is 26.1 Å². The highest BCUT2D eigenvalue weighted by Gasteiger charge is 2.65. The summed E-state index contributed by atoms with van der Waals surface area (Å²) in [5.41, 5.74) is -1.30. The first-order valence-corrected chi connectivity index (χ1v) is 11.1. The Morgan fingerprint density at radius 3 is 2.48 bits per heavy atom. The molecule has 4 bridgehead atoms. The number of rotatable bonds is 4. The predicted molar refractivity (Wildman–Crippen MR) is 110 cm³/mol. The summed E-state index contributed by atoms with van der Waals surface area (Å²) in [4.78, 5) is 25.3. The number of aryl methyl sites for hydroxylation is 1. The Balaban J connectivity index is 1.32. The molecule has 6 rings (SSSR count). The summed E-state index contributed by atoms with van der Waals surface area (Å²) in [6.45, 7) is 4.71. The van der Waals surface area contributed by atoms with Gasteiger partial charge >= 0.3 is 0 Å². The maximum Gasteiger partial charge on any atom is 0.271 e. The molecule has 4 fully saturated rings. The number of aliphatic hydroxyl groups is 1. The Morgan fingerprint density at radius 1 is 1.17 bits per heavy atom. The molecule has 0 saturated heterocycles. The van der Waals surface area contributed by atoms with Crippen molar-refractivity contribution in [3.63, 3.8) is 0 Å². The molecule has 1 aromatic heterocycles. The van der Waals surface area contributed by atoms with Crippen LogP contribution in [-0.2, 0) is 11.3 Å². The summed E-state index contributed by atoms with van der Waals surface area (Å²) in [6.07, 6.45) is 5.32. The molecular weight excluding hydrogens is 391 g/mol. The van der Waals surface area contributed by atoms with Crippen LogP contribution >= 0.6 is 11.5 Å². The minimum atomic E-state index is -0.689. The second-order valence-corrected chi connectivity index (χ2v) is 11.7. The van der Waals surface area contributed by atoms with Crippen LogP contribution in [0.5, 0.6) is 0 Å². The normalized spacial score (nSPS) is 37.9. The van der Waals surface area contributed by atoms with Gasteiger partial charge in [-0.25, -0.2) is 4.39 Å². The molecule has 0 aliphatic heterocycles. The monoisotopic (exact) mass is 418 g/mol. The third kappa shape index (κ3) is 3.13. The van der Waals surface area contributed by atoms with Gasteiger partial charge in [0.2, 0.25) is 5.91 Å². The molecule has 7 heteroatoms. The van der Waals surface area contributed by atoms with E-state index in [2.05, 4.69) is 19.2 Å². The van der Waals surface area contributed by atoms with Gasteiger partial charge in [0.15, 0.2) is 0 Å². The van der Waals surface area contributed by atoms with Gasteiger partial charge in [-0.1, -0.05) is 31.4 Å². The maximum atomic E-state index is 13.9. The molecule has 156 valence electrons. The van der Waals surface area contributed by atoms with Crippen molar-refractivity contribution in [1.82, 2.24) is 9.27 Å². The minimum absolute atomic E-state index is 0.0610. The highest BCUT2D eigenvalue weighted by atomic mass is 32.1. The number of amides is 1. The largest absolute Gasteiger partial charge is 0.390 e. The first-order chi connectivity index (χ1) is 13.5. The number of halogens is 1. The van der Waals surface area contributed by atoms with Crippen molar-refractivity contribution < 1.29 is 14.3 Å². The fourth-order valence-corrected chi connectivity index (χ4v) is 8.56. The van der Waals surface area contributed by atoms with Gasteiger partial charge in [0, 0.05) is 18.5 Å². The summed E-state index contributed by atoms with van der Waals surface area (Å²) < 4.78 is 16.0. The van der Waals surface area contributed by atoms with E-state index in [0.29, 0.717) is 11.1 Å². The molecule has 2 atom stereocenters. The number of benzene rings is 1. The molecule has 4 aliphatic carbocycles. The van der Waals surface area contributed by atoms with Crippen LogP contribution < -0.4 is 10.9 Å². The van der Waals surface area contributed by atoms with Crippen LogP contribution in [0.25, 0.3) is 10.1 Å². The third-order valence-corrected chi connectivity index (χ3v) is 8.24. The van der Waals surface area contributed by atoms with Crippen molar-refractivity contribution in [1.29, 1.82) is 0 Å². The molecular formula is C22H27FN2O3S. The van der Waals surface area contributed by atoms with Gasteiger partial charge in [-0.2, -0.15) is 0 Å². The van der Waals surface area contributed by atoms with Gasteiger partial charge < -0.3 is 10.4 Å². The second kappa shape index (κ2) is 5.91. The van der Waals surface area contributed by atoms with Crippen molar-refractivity contribution in [3.8, 4) is 0 Å². The molecule has 2 N–H and O–H groups in total. The number of hydrogen-bond acceptors (Lipinski definition) is 4. The molecule has 1 amide bonds. The molecule has 5 nitrogen and oxygen atoms in total. The molecule has 4 saturated carbocycles. The van der Waals surface area contributed by atoms with Crippen LogP contribution in [0.3, 0.4) is 0 Å². The van der Waals surface area contributed by atoms with E-state index < -0.39 is 11.4 Å². The number of nitrogens with zero attached hydrogens (tertiary/aromatic N) is 1. The van der Waals surface area contributed by atoms with Gasteiger partial charge in [0.1, 0.15) is 5.82 Å².